The molecule has 0 spiro atoms. The number of benzene rings is 2. The molecule has 0 bridgehead atoms. The fourth-order valence-corrected chi connectivity index (χ4v) is 2.20. The normalized spacial score (nSPS) is 11.0. The first-order valence-corrected chi connectivity index (χ1v) is 7.28. The largest absolute Gasteiger partial charge is 0.370 e. The van der Waals surface area contributed by atoms with Crippen LogP contribution >= 0.6 is 0 Å². The van der Waals surface area contributed by atoms with Crippen molar-refractivity contribution in [1.82, 2.24) is 0 Å². The molecule has 0 aliphatic rings. The SMILES string of the molecule is Cc1cccc(C)c1NC(=O)c1cccc(N=C(N)N=C(N)N)c1. The molecule has 7 N–H and O–H groups in total. The third-order valence-corrected chi connectivity index (χ3v) is 3.32. The Morgan fingerprint density at radius 3 is 2.25 bits per heavy atom. The van der Waals surface area contributed by atoms with Crippen LogP contribution in [-0.2, 0) is 0 Å². The number of anilines is 1. The third-order valence-electron chi connectivity index (χ3n) is 3.32. The number of guanidine groups is 2. The number of hydrogen-bond donors (Lipinski definition) is 4. The van der Waals surface area contributed by atoms with E-state index >= 15 is 0 Å². The van der Waals surface area contributed by atoms with Crippen LogP contribution in [0.4, 0.5) is 11.4 Å². The summed E-state index contributed by atoms with van der Waals surface area (Å²) in [5.41, 5.74) is 19.8. The van der Waals surface area contributed by atoms with Crippen molar-refractivity contribution in [2.24, 2.45) is 27.2 Å². The zero-order valence-electron chi connectivity index (χ0n) is 13.6. The van der Waals surface area contributed by atoms with Crippen LogP contribution < -0.4 is 22.5 Å². The summed E-state index contributed by atoms with van der Waals surface area (Å²) in [7, 11) is 0. The summed E-state index contributed by atoms with van der Waals surface area (Å²) in [6.45, 7) is 3.89. The summed E-state index contributed by atoms with van der Waals surface area (Å²) in [4.78, 5) is 20.2. The van der Waals surface area contributed by atoms with Crippen molar-refractivity contribution >= 4 is 29.2 Å². The second-order valence-corrected chi connectivity index (χ2v) is 5.28. The highest BCUT2D eigenvalue weighted by Gasteiger charge is 2.10. The van der Waals surface area contributed by atoms with Crippen molar-refractivity contribution in [3.05, 3.63) is 59.2 Å². The Kier molecular flexibility index (Phi) is 5.16. The Bertz CT molecular complexity index is 801. The molecular formula is C17H20N6O. The molecule has 0 saturated carbocycles. The van der Waals surface area contributed by atoms with E-state index in [9.17, 15) is 4.79 Å². The predicted octanol–water partition coefficient (Wildman–Crippen LogP) is 1.78. The fourth-order valence-electron chi connectivity index (χ4n) is 2.20. The Balaban J connectivity index is 2.25. The Hall–Kier alpha value is -3.35. The lowest BCUT2D eigenvalue weighted by Crippen LogP contribution is -2.26. The van der Waals surface area contributed by atoms with Crippen molar-refractivity contribution in [1.29, 1.82) is 0 Å². The van der Waals surface area contributed by atoms with Gasteiger partial charge in [0.25, 0.3) is 5.91 Å². The molecule has 0 unspecified atom stereocenters. The smallest absolute Gasteiger partial charge is 0.255 e. The molecule has 2 aromatic rings. The number of nitrogens with one attached hydrogen (secondary N) is 1. The predicted molar refractivity (Wildman–Crippen MR) is 97.4 cm³/mol. The second kappa shape index (κ2) is 7.28. The number of hydrogen-bond acceptors (Lipinski definition) is 2. The van der Waals surface area contributed by atoms with Gasteiger partial charge in [0.2, 0.25) is 5.96 Å². The molecule has 124 valence electrons. The maximum atomic E-state index is 12.5. The van der Waals surface area contributed by atoms with Gasteiger partial charge in [0.1, 0.15) is 0 Å². The lowest BCUT2D eigenvalue weighted by Gasteiger charge is -2.11. The maximum absolute atomic E-state index is 12.5. The first-order valence-electron chi connectivity index (χ1n) is 7.28. The summed E-state index contributed by atoms with van der Waals surface area (Å²) in [6, 6.07) is 12.5. The first-order chi connectivity index (χ1) is 11.4. The Labute approximate surface area is 140 Å². The van der Waals surface area contributed by atoms with E-state index in [1.54, 1.807) is 24.3 Å². The van der Waals surface area contributed by atoms with Gasteiger partial charge < -0.3 is 22.5 Å². The van der Waals surface area contributed by atoms with Gasteiger partial charge in [-0.15, -0.1) is 0 Å². The molecule has 0 fully saturated rings. The van der Waals surface area contributed by atoms with Gasteiger partial charge in [-0.25, -0.2) is 4.99 Å². The number of para-hydroxylation sites is 1. The summed E-state index contributed by atoms with van der Waals surface area (Å²) in [6.07, 6.45) is 0. The summed E-state index contributed by atoms with van der Waals surface area (Å²) in [5.74, 6) is -0.493. The minimum Gasteiger partial charge on any atom is -0.370 e. The van der Waals surface area contributed by atoms with Crippen LogP contribution in [-0.4, -0.2) is 17.8 Å². The van der Waals surface area contributed by atoms with Crippen molar-refractivity contribution in [3.8, 4) is 0 Å². The van der Waals surface area contributed by atoms with Crippen LogP contribution in [0, 0.1) is 13.8 Å². The molecule has 0 aliphatic carbocycles. The lowest BCUT2D eigenvalue weighted by molar-refractivity contribution is 0.102. The molecule has 7 nitrogen and oxygen atoms in total. The molecular weight excluding hydrogens is 304 g/mol. The van der Waals surface area contributed by atoms with Gasteiger partial charge >= 0.3 is 0 Å². The Morgan fingerprint density at radius 1 is 1.00 bits per heavy atom. The minimum absolute atomic E-state index is 0.0812. The van der Waals surface area contributed by atoms with Gasteiger partial charge in [-0.3, -0.25) is 4.79 Å². The summed E-state index contributed by atoms with van der Waals surface area (Å²) in [5, 5.41) is 2.92. The average Bonchev–Trinajstić information content (AvgIpc) is 2.50. The number of nitrogens with zero attached hydrogens (tertiary/aromatic N) is 2. The van der Waals surface area contributed by atoms with E-state index in [0.717, 1.165) is 16.8 Å². The number of nitrogens with two attached hydrogens (primary N) is 3. The first kappa shape index (κ1) is 17.0. The van der Waals surface area contributed by atoms with Gasteiger partial charge in [-0.1, -0.05) is 24.3 Å². The van der Waals surface area contributed by atoms with Crippen LogP contribution in [0.25, 0.3) is 0 Å². The maximum Gasteiger partial charge on any atom is 0.255 e. The molecule has 2 rings (SSSR count). The monoisotopic (exact) mass is 324 g/mol. The van der Waals surface area contributed by atoms with Crippen LogP contribution in [0.1, 0.15) is 21.5 Å². The molecule has 0 heterocycles. The standard InChI is InChI=1S/C17H20N6O/c1-10-5-3-6-11(2)14(10)22-15(24)12-7-4-8-13(9-12)21-17(20)23-16(18)19/h3-9H,1-2H3,(H,22,24)(H6,18,19,20,21,23). The highest BCUT2D eigenvalue weighted by atomic mass is 16.1. The highest BCUT2D eigenvalue weighted by molar-refractivity contribution is 6.05. The average molecular weight is 324 g/mol. The number of amides is 1. The molecule has 7 heteroatoms. The third kappa shape index (κ3) is 4.33. The topological polar surface area (TPSA) is 132 Å². The highest BCUT2D eigenvalue weighted by Crippen LogP contribution is 2.21. The summed E-state index contributed by atoms with van der Waals surface area (Å²) >= 11 is 0. The Morgan fingerprint density at radius 2 is 1.62 bits per heavy atom. The number of aryl methyl sites for hydroxylation is 2. The molecule has 0 atom stereocenters. The van der Waals surface area contributed by atoms with Crippen LogP contribution in [0.15, 0.2) is 52.4 Å². The van der Waals surface area contributed by atoms with Crippen molar-refractivity contribution < 1.29 is 4.79 Å². The van der Waals surface area contributed by atoms with Gasteiger partial charge in [0.05, 0.1) is 5.69 Å². The van der Waals surface area contributed by atoms with Gasteiger partial charge in [0.15, 0.2) is 5.96 Å². The number of aliphatic imine (C=N–C) groups is 2. The summed E-state index contributed by atoms with van der Waals surface area (Å²) < 4.78 is 0. The fraction of sp³-hybridized carbons (Fsp3) is 0.118. The van der Waals surface area contributed by atoms with Gasteiger partial charge in [0, 0.05) is 11.3 Å². The lowest BCUT2D eigenvalue weighted by atomic mass is 10.1. The molecule has 2 aromatic carbocycles. The number of carbonyl (C=O) groups excluding carboxylic acids is 1. The van der Waals surface area contributed by atoms with Crippen molar-refractivity contribution in [2.75, 3.05) is 5.32 Å². The second-order valence-electron chi connectivity index (χ2n) is 5.28. The zero-order valence-corrected chi connectivity index (χ0v) is 13.6. The molecule has 0 saturated heterocycles. The van der Waals surface area contributed by atoms with E-state index in [2.05, 4.69) is 15.3 Å². The number of carbonyl (C=O) groups is 1. The van der Waals surface area contributed by atoms with Crippen molar-refractivity contribution in [2.45, 2.75) is 13.8 Å². The van der Waals surface area contributed by atoms with E-state index in [1.807, 2.05) is 32.0 Å². The number of rotatable bonds is 3. The van der Waals surface area contributed by atoms with Crippen LogP contribution in [0.2, 0.25) is 0 Å². The van der Waals surface area contributed by atoms with E-state index in [4.69, 9.17) is 17.2 Å². The van der Waals surface area contributed by atoms with Crippen molar-refractivity contribution in [3.63, 3.8) is 0 Å². The van der Waals surface area contributed by atoms with E-state index < -0.39 is 0 Å². The van der Waals surface area contributed by atoms with E-state index in [-0.39, 0.29) is 17.8 Å². The quantitative estimate of drug-likeness (QED) is 0.506. The minimum atomic E-state index is -0.232. The van der Waals surface area contributed by atoms with Gasteiger partial charge in [-0.05, 0) is 43.2 Å². The zero-order chi connectivity index (χ0) is 17.7. The molecule has 0 radical (unpaired) electrons. The van der Waals surface area contributed by atoms with Crippen LogP contribution in [0.3, 0.4) is 0 Å². The molecule has 1 amide bonds. The molecule has 0 aromatic heterocycles. The van der Waals surface area contributed by atoms with E-state index in [1.165, 1.54) is 0 Å². The van der Waals surface area contributed by atoms with Gasteiger partial charge in [-0.2, -0.15) is 4.99 Å². The van der Waals surface area contributed by atoms with E-state index in [0.29, 0.717) is 11.3 Å². The van der Waals surface area contributed by atoms with Crippen LogP contribution in [0.5, 0.6) is 0 Å². The molecule has 24 heavy (non-hydrogen) atoms. The molecule has 0 aliphatic heterocycles.